The molecule has 1 aromatic carbocycles. The lowest BCUT2D eigenvalue weighted by atomic mass is 10.3. The number of ether oxygens (including phenoxy) is 2. The number of methoxy groups -OCH3 is 1. The molecule has 0 bridgehead atoms. The van der Waals surface area contributed by atoms with Crippen LogP contribution in [0.5, 0.6) is 5.88 Å². The maximum Gasteiger partial charge on any atom is 0.345 e. The van der Waals surface area contributed by atoms with Crippen LogP contribution in [0.3, 0.4) is 0 Å². The maximum absolute atomic E-state index is 11.8. The van der Waals surface area contributed by atoms with Crippen LogP contribution in [0.1, 0.15) is 17.3 Å². The van der Waals surface area contributed by atoms with Crippen LogP contribution < -0.4 is 4.74 Å². The maximum atomic E-state index is 11.8. The molecule has 0 spiro atoms. The quantitative estimate of drug-likeness (QED) is 0.474. The average molecular weight is 291 g/mol. The van der Waals surface area contributed by atoms with Gasteiger partial charge in [-0.25, -0.2) is 9.48 Å². The van der Waals surface area contributed by atoms with Crippen molar-refractivity contribution >= 4 is 11.7 Å². The van der Waals surface area contributed by atoms with Gasteiger partial charge in [0, 0.05) is 18.3 Å². The van der Waals surface area contributed by atoms with E-state index in [0.717, 1.165) is 0 Å². The molecule has 2 aromatic rings. The number of aromatic nitrogens is 2. The Bertz CT molecular complexity index is 663. The SMILES string of the molecule is CCOC(=O)c1cn(-c2ccc([N+](=O)[O-])cc2)nc1OC. The molecule has 0 saturated heterocycles. The van der Waals surface area contributed by atoms with Crippen molar-refractivity contribution in [2.24, 2.45) is 0 Å². The summed E-state index contributed by atoms with van der Waals surface area (Å²) in [4.78, 5) is 21.9. The smallest absolute Gasteiger partial charge is 0.345 e. The van der Waals surface area contributed by atoms with Gasteiger partial charge in [-0.2, -0.15) is 0 Å². The number of hydrogen-bond acceptors (Lipinski definition) is 6. The van der Waals surface area contributed by atoms with Crippen LogP contribution in [0.25, 0.3) is 5.69 Å². The minimum Gasteiger partial charge on any atom is -0.479 e. The van der Waals surface area contributed by atoms with Gasteiger partial charge in [0.1, 0.15) is 5.56 Å². The lowest BCUT2D eigenvalue weighted by molar-refractivity contribution is -0.384. The highest BCUT2D eigenvalue weighted by molar-refractivity contribution is 5.91. The standard InChI is InChI=1S/C13H13N3O5/c1-3-21-13(17)11-8-15(14-12(11)20-2)9-4-6-10(7-5-9)16(18)19/h4-8H,3H2,1-2H3. The molecule has 0 fully saturated rings. The molecule has 0 radical (unpaired) electrons. The predicted molar refractivity (Wildman–Crippen MR) is 72.7 cm³/mol. The second-order valence-electron chi connectivity index (χ2n) is 3.99. The van der Waals surface area contributed by atoms with Crippen molar-refractivity contribution < 1.29 is 19.2 Å². The number of nitrogens with zero attached hydrogens (tertiary/aromatic N) is 3. The van der Waals surface area contributed by atoms with Gasteiger partial charge < -0.3 is 9.47 Å². The number of esters is 1. The summed E-state index contributed by atoms with van der Waals surface area (Å²) in [7, 11) is 1.39. The van der Waals surface area contributed by atoms with Gasteiger partial charge in [0.15, 0.2) is 0 Å². The lowest BCUT2D eigenvalue weighted by Gasteiger charge is -1.99. The van der Waals surface area contributed by atoms with Gasteiger partial charge in [-0.3, -0.25) is 10.1 Å². The largest absolute Gasteiger partial charge is 0.479 e. The van der Waals surface area contributed by atoms with E-state index in [1.165, 1.54) is 42.3 Å². The topological polar surface area (TPSA) is 96.5 Å². The van der Waals surface area contributed by atoms with Gasteiger partial charge in [0.25, 0.3) is 5.69 Å². The summed E-state index contributed by atoms with van der Waals surface area (Å²) in [5, 5.41) is 14.7. The van der Waals surface area contributed by atoms with E-state index in [-0.39, 0.29) is 23.7 Å². The number of rotatable bonds is 5. The zero-order valence-corrected chi connectivity index (χ0v) is 11.5. The molecule has 0 atom stereocenters. The normalized spacial score (nSPS) is 10.2. The first-order valence-corrected chi connectivity index (χ1v) is 6.12. The minimum absolute atomic E-state index is 0.0245. The van der Waals surface area contributed by atoms with E-state index in [9.17, 15) is 14.9 Å². The van der Waals surface area contributed by atoms with Gasteiger partial charge >= 0.3 is 5.97 Å². The Morgan fingerprint density at radius 2 is 2.05 bits per heavy atom. The first-order chi connectivity index (χ1) is 10.1. The Morgan fingerprint density at radius 3 is 2.57 bits per heavy atom. The van der Waals surface area contributed by atoms with E-state index in [0.29, 0.717) is 5.69 Å². The fourth-order valence-electron chi connectivity index (χ4n) is 1.72. The summed E-state index contributed by atoms with van der Waals surface area (Å²) in [5.74, 6) is -0.408. The highest BCUT2D eigenvalue weighted by Gasteiger charge is 2.19. The molecule has 8 nitrogen and oxygen atoms in total. The van der Waals surface area contributed by atoms with E-state index in [4.69, 9.17) is 9.47 Å². The average Bonchev–Trinajstić information content (AvgIpc) is 2.92. The highest BCUT2D eigenvalue weighted by Crippen LogP contribution is 2.21. The van der Waals surface area contributed by atoms with Gasteiger partial charge in [-0.15, -0.1) is 5.10 Å². The van der Waals surface area contributed by atoms with E-state index < -0.39 is 10.9 Å². The molecule has 21 heavy (non-hydrogen) atoms. The van der Waals surface area contributed by atoms with E-state index >= 15 is 0 Å². The van der Waals surface area contributed by atoms with E-state index in [1.807, 2.05) is 0 Å². The summed E-state index contributed by atoms with van der Waals surface area (Å²) in [6, 6.07) is 5.76. The minimum atomic E-state index is -0.539. The van der Waals surface area contributed by atoms with Crippen molar-refractivity contribution in [1.29, 1.82) is 0 Å². The number of nitro groups is 1. The number of carbonyl (C=O) groups is 1. The second kappa shape index (κ2) is 6.04. The summed E-state index contributed by atoms with van der Waals surface area (Å²) in [6.45, 7) is 1.94. The molecule has 1 heterocycles. The predicted octanol–water partition coefficient (Wildman–Crippen LogP) is 1.97. The molecule has 1 aromatic heterocycles. The molecular weight excluding hydrogens is 278 g/mol. The van der Waals surface area contributed by atoms with Gasteiger partial charge in [-0.05, 0) is 19.1 Å². The van der Waals surface area contributed by atoms with Crippen molar-refractivity contribution in [3.8, 4) is 11.6 Å². The molecule has 0 N–H and O–H groups in total. The zero-order valence-electron chi connectivity index (χ0n) is 11.5. The number of carbonyl (C=O) groups excluding carboxylic acids is 1. The molecule has 2 rings (SSSR count). The monoisotopic (exact) mass is 291 g/mol. The Labute approximate surface area is 120 Å². The van der Waals surface area contributed by atoms with Crippen LogP contribution >= 0.6 is 0 Å². The van der Waals surface area contributed by atoms with E-state index in [1.54, 1.807) is 6.92 Å². The Balaban J connectivity index is 2.36. The van der Waals surface area contributed by atoms with E-state index in [2.05, 4.69) is 5.10 Å². The van der Waals surface area contributed by atoms with Crippen molar-refractivity contribution in [2.45, 2.75) is 6.92 Å². The number of benzene rings is 1. The molecule has 0 aliphatic heterocycles. The molecule has 8 heteroatoms. The molecule has 0 saturated carbocycles. The fourth-order valence-corrected chi connectivity index (χ4v) is 1.72. The van der Waals surface area contributed by atoms with Crippen molar-refractivity contribution in [1.82, 2.24) is 9.78 Å². The van der Waals surface area contributed by atoms with Crippen LogP contribution in [0.4, 0.5) is 5.69 Å². The third kappa shape index (κ3) is 2.99. The highest BCUT2D eigenvalue weighted by atomic mass is 16.6. The Kier molecular flexibility index (Phi) is 4.17. The molecule has 0 unspecified atom stereocenters. The zero-order chi connectivity index (χ0) is 15.4. The van der Waals surface area contributed by atoms with Crippen LogP contribution in [-0.2, 0) is 4.74 Å². The summed E-state index contributed by atoms with van der Waals surface area (Å²) < 4.78 is 11.3. The third-order valence-corrected chi connectivity index (χ3v) is 2.69. The first-order valence-electron chi connectivity index (χ1n) is 6.12. The molecule has 0 aliphatic rings. The second-order valence-corrected chi connectivity index (χ2v) is 3.99. The van der Waals surface area contributed by atoms with Gasteiger partial charge in [0.2, 0.25) is 5.88 Å². The van der Waals surface area contributed by atoms with Crippen LogP contribution in [0.15, 0.2) is 30.5 Å². The molecule has 110 valence electrons. The first kappa shape index (κ1) is 14.5. The van der Waals surface area contributed by atoms with Crippen molar-refractivity contribution in [3.63, 3.8) is 0 Å². The number of hydrogen-bond donors (Lipinski definition) is 0. The molecule has 0 aliphatic carbocycles. The third-order valence-electron chi connectivity index (χ3n) is 2.69. The number of nitro benzene ring substituents is 1. The lowest BCUT2D eigenvalue weighted by Crippen LogP contribution is -2.05. The van der Waals surface area contributed by atoms with Crippen LogP contribution in [-0.4, -0.2) is 34.4 Å². The molecule has 0 amide bonds. The fraction of sp³-hybridized carbons (Fsp3) is 0.231. The van der Waals surface area contributed by atoms with Crippen molar-refractivity contribution in [3.05, 3.63) is 46.1 Å². The Hall–Kier alpha value is -2.90. The summed E-state index contributed by atoms with van der Waals surface area (Å²) >= 11 is 0. The Morgan fingerprint density at radius 1 is 1.38 bits per heavy atom. The summed E-state index contributed by atoms with van der Waals surface area (Å²) in [5.41, 5.74) is 0.732. The summed E-state index contributed by atoms with van der Waals surface area (Å²) in [6.07, 6.45) is 1.46. The van der Waals surface area contributed by atoms with Crippen LogP contribution in [0.2, 0.25) is 0 Å². The van der Waals surface area contributed by atoms with Crippen molar-refractivity contribution in [2.75, 3.05) is 13.7 Å². The molecular formula is C13H13N3O5. The van der Waals surface area contributed by atoms with Crippen LogP contribution in [0, 0.1) is 10.1 Å². The number of non-ortho nitro benzene ring substituents is 1. The van der Waals surface area contributed by atoms with Gasteiger partial charge in [-0.1, -0.05) is 0 Å². The van der Waals surface area contributed by atoms with Gasteiger partial charge in [0.05, 0.1) is 24.3 Å².